The van der Waals surface area contributed by atoms with Crippen LogP contribution in [0.3, 0.4) is 0 Å². The highest BCUT2D eigenvalue weighted by Gasteiger charge is 2.30. The minimum absolute atomic E-state index is 0.0657. The third-order valence-corrected chi connectivity index (χ3v) is 5.81. The molecule has 0 saturated carbocycles. The van der Waals surface area contributed by atoms with Crippen LogP contribution >= 0.6 is 0 Å². The summed E-state index contributed by atoms with van der Waals surface area (Å²) in [6.45, 7) is 3.88. The summed E-state index contributed by atoms with van der Waals surface area (Å²) < 4.78 is 5.56. The van der Waals surface area contributed by atoms with E-state index in [2.05, 4.69) is 28.7 Å². The number of aliphatic carboxylic acids is 1. The van der Waals surface area contributed by atoms with E-state index in [9.17, 15) is 14.4 Å². The first-order valence-electron chi connectivity index (χ1n) is 10.9. The highest BCUT2D eigenvalue weighted by Crippen LogP contribution is 2.44. The number of rotatable bonds is 9. The van der Waals surface area contributed by atoms with E-state index in [1.165, 1.54) is 0 Å². The van der Waals surface area contributed by atoms with Gasteiger partial charge in [0.05, 0.1) is 0 Å². The SMILES string of the molecule is C#CCC(NC(=O)C[C@H](NC(=O)OCC1c2ccccc2-c2ccccc21)C(C)C)C(=O)O. The smallest absolute Gasteiger partial charge is 0.407 e. The van der Waals surface area contributed by atoms with Crippen molar-refractivity contribution >= 4 is 18.0 Å². The van der Waals surface area contributed by atoms with Gasteiger partial charge in [-0.15, -0.1) is 12.3 Å². The number of alkyl carbamates (subject to hydrolysis) is 1. The minimum atomic E-state index is -1.20. The van der Waals surface area contributed by atoms with Crippen LogP contribution in [-0.4, -0.2) is 41.8 Å². The van der Waals surface area contributed by atoms with Crippen LogP contribution in [0.1, 0.15) is 43.7 Å². The van der Waals surface area contributed by atoms with Crippen molar-refractivity contribution in [2.75, 3.05) is 6.61 Å². The Labute approximate surface area is 193 Å². The van der Waals surface area contributed by atoms with Crippen LogP contribution < -0.4 is 10.6 Å². The first kappa shape index (κ1) is 23.9. The lowest BCUT2D eigenvalue weighted by Gasteiger charge is -2.23. The highest BCUT2D eigenvalue weighted by atomic mass is 16.5. The molecule has 0 saturated heterocycles. The largest absolute Gasteiger partial charge is 0.480 e. The lowest BCUT2D eigenvalue weighted by molar-refractivity contribution is -0.141. The third kappa shape index (κ3) is 5.72. The van der Waals surface area contributed by atoms with Gasteiger partial charge in [0.2, 0.25) is 5.91 Å². The zero-order chi connectivity index (χ0) is 24.0. The number of terminal acetylenes is 1. The Kier molecular flexibility index (Phi) is 7.73. The average molecular weight is 449 g/mol. The van der Waals surface area contributed by atoms with Gasteiger partial charge in [0, 0.05) is 24.8 Å². The number of fused-ring (bicyclic) bond motifs is 3. The first-order valence-corrected chi connectivity index (χ1v) is 10.9. The van der Waals surface area contributed by atoms with Crippen molar-refractivity contribution in [3.63, 3.8) is 0 Å². The van der Waals surface area contributed by atoms with Gasteiger partial charge in [0.25, 0.3) is 0 Å². The molecule has 0 aromatic heterocycles. The monoisotopic (exact) mass is 448 g/mol. The van der Waals surface area contributed by atoms with Crippen LogP contribution in [0, 0.1) is 18.3 Å². The molecule has 0 aliphatic heterocycles. The van der Waals surface area contributed by atoms with Gasteiger partial charge in [-0.1, -0.05) is 62.4 Å². The molecule has 1 aliphatic rings. The molecule has 0 spiro atoms. The van der Waals surface area contributed by atoms with E-state index < -0.39 is 30.1 Å². The summed E-state index contributed by atoms with van der Waals surface area (Å²) in [5.74, 6) is 0.386. The van der Waals surface area contributed by atoms with Gasteiger partial charge in [-0.05, 0) is 28.2 Å². The fraction of sp³-hybridized carbons (Fsp3) is 0.346. The Balaban J connectivity index is 1.60. The minimum Gasteiger partial charge on any atom is -0.480 e. The number of nitrogens with one attached hydrogen (secondary N) is 2. The molecule has 3 rings (SSSR count). The molecule has 0 bridgehead atoms. The van der Waals surface area contributed by atoms with Crippen LogP contribution in [0.5, 0.6) is 0 Å². The summed E-state index contributed by atoms with van der Waals surface area (Å²) in [6.07, 6.45) is 4.34. The molecule has 2 aromatic rings. The molecule has 1 unspecified atom stereocenters. The number of carbonyl (C=O) groups excluding carboxylic acids is 2. The van der Waals surface area contributed by atoms with Crippen molar-refractivity contribution in [3.05, 3.63) is 59.7 Å². The first-order chi connectivity index (χ1) is 15.8. The van der Waals surface area contributed by atoms with Gasteiger partial charge < -0.3 is 20.5 Å². The summed E-state index contributed by atoms with van der Waals surface area (Å²) in [6, 6.07) is 14.4. The summed E-state index contributed by atoms with van der Waals surface area (Å²) in [7, 11) is 0. The molecular formula is C26H28N2O5. The number of hydrogen-bond donors (Lipinski definition) is 3. The maximum absolute atomic E-state index is 12.6. The number of carboxylic acids is 1. The van der Waals surface area contributed by atoms with Crippen LogP contribution in [0.25, 0.3) is 11.1 Å². The van der Waals surface area contributed by atoms with E-state index >= 15 is 0 Å². The number of ether oxygens (including phenoxy) is 1. The predicted octanol–water partition coefficient (Wildman–Crippen LogP) is 3.53. The van der Waals surface area contributed by atoms with Gasteiger partial charge in [0.1, 0.15) is 12.6 Å². The van der Waals surface area contributed by atoms with Crippen LogP contribution in [-0.2, 0) is 14.3 Å². The van der Waals surface area contributed by atoms with Gasteiger partial charge in [-0.3, -0.25) is 4.79 Å². The number of amides is 2. The Morgan fingerprint density at radius 2 is 1.61 bits per heavy atom. The third-order valence-electron chi connectivity index (χ3n) is 5.81. The second kappa shape index (κ2) is 10.7. The van der Waals surface area contributed by atoms with Gasteiger partial charge >= 0.3 is 12.1 Å². The van der Waals surface area contributed by atoms with Crippen molar-refractivity contribution in [3.8, 4) is 23.5 Å². The van der Waals surface area contributed by atoms with Crippen molar-refractivity contribution < 1.29 is 24.2 Å². The van der Waals surface area contributed by atoms with Crippen LogP contribution in [0.15, 0.2) is 48.5 Å². The molecule has 3 N–H and O–H groups in total. The molecule has 2 atom stereocenters. The van der Waals surface area contributed by atoms with E-state index in [0.717, 1.165) is 22.3 Å². The molecule has 0 heterocycles. The number of benzene rings is 2. The second-order valence-electron chi connectivity index (χ2n) is 8.39. The highest BCUT2D eigenvalue weighted by molar-refractivity contribution is 5.84. The molecule has 1 aliphatic carbocycles. The summed E-state index contributed by atoms with van der Waals surface area (Å²) >= 11 is 0. The summed E-state index contributed by atoms with van der Waals surface area (Å²) in [5.41, 5.74) is 4.50. The topological polar surface area (TPSA) is 105 Å². The second-order valence-corrected chi connectivity index (χ2v) is 8.39. The van der Waals surface area contributed by atoms with Gasteiger partial charge in [0.15, 0.2) is 0 Å². The zero-order valence-electron chi connectivity index (χ0n) is 18.7. The molecule has 0 fully saturated rings. The molecular weight excluding hydrogens is 420 g/mol. The van der Waals surface area contributed by atoms with E-state index in [1.807, 2.05) is 50.2 Å². The van der Waals surface area contributed by atoms with E-state index in [1.54, 1.807) is 0 Å². The molecule has 172 valence electrons. The van der Waals surface area contributed by atoms with Crippen molar-refractivity contribution in [1.29, 1.82) is 0 Å². The van der Waals surface area contributed by atoms with Crippen molar-refractivity contribution in [2.45, 2.75) is 44.7 Å². The fourth-order valence-corrected chi connectivity index (χ4v) is 4.02. The van der Waals surface area contributed by atoms with E-state index in [-0.39, 0.29) is 31.3 Å². The normalized spacial score (nSPS) is 13.9. The summed E-state index contributed by atoms with van der Waals surface area (Å²) in [5, 5.41) is 14.3. The van der Waals surface area contributed by atoms with Crippen molar-refractivity contribution in [2.24, 2.45) is 5.92 Å². The number of carbonyl (C=O) groups is 3. The fourth-order valence-electron chi connectivity index (χ4n) is 4.02. The van der Waals surface area contributed by atoms with E-state index in [0.29, 0.717) is 0 Å². The Hall–Kier alpha value is -3.79. The van der Waals surface area contributed by atoms with E-state index in [4.69, 9.17) is 16.3 Å². The number of carboxylic acid groups (broad SMARTS) is 1. The standard InChI is InChI=1S/C26H28N2O5/c1-4-9-22(25(30)31)27-24(29)14-23(16(2)3)28-26(32)33-15-21-19-12-7-5-10-17(19)18-11-6-8-13-20(18)21/h1,5-8,10-13,16,21-23H,9,14-15H2,2-3H3,(H,27,29)(H,28,32)(H,30,31)/t22?,23-/m0/s1. The van der Waals surface area contributed by atoms with Gasteiger partial charge in [-0.25, -0.2) is 9.59 Å². The molecule has 7 heteroatoms. The Morgan fingerprint density at radius 3 is 2.12 bits per heavy atom. The lowest BCUT2D eigenvalue weighted by Crippen LogP contribution is -2.46. The molecule has 2 aromatic carbocycles. The zero-order valence-corrected chi connectivity index (χ0v) is 18.7. The summed E-state index contributed by atoms with van der Waals surface area (Å²) in [4.78, 5) is 36.1. The van der Waals surface area contributed by atoms with Gasteiger partial charge in [-0.2, -0.15) is 0 Å². The Morgan fingerprint density at radius 1 is 1.03 bits per heavy atom. The van der Waals surface area contributed by atoms with Crippen molar-refractivity contribution in [1.82, 2.24) is 10.6 Å². The average Bonchev–Trinajstić information content (AvgIpc) is 3.10. The Bertz CT molecular complexity index is 1030. The lowest BCUT2D eigenvalue weighted by atomic mass is 9.98. The number of hydrogen-bond acceptors (Lipinski definition) is 4. The predicted molar refractivity (Wildman–Crippen MR) is 124 cm³/mol. The van der Waals surface area contributed by atoms with Crippen LogP contribution in [0.2, 0.25) is 0 Å². The molecule has 33 heavy (non-hydrogen) atoms. The molecule has 2 amide bonds. The quantitative estimate of drug-likeness (QED) is 0.509. The molecule has 0 radical (unpaired) electrons. The maximum atomic E-state index is 12.6. The maximum Gasteiger partial charge on any atom is 0.407 e. The van der Waals surface area contributed by atoms with Crippen LogP contribution in [0.4, 0.5) is 4.79 Å². The molecule has 7 nitrogen and oxygen atoms in total.